The van der Waals surface area contributed by atoms with Crippen LogP contribution in [0, 0.1) is 0 Å². The van der Waals surface area contributed by atoms with Gasteiger partial charge in [0.1, 0.15) is 6.10 Å². The van der Waals surface area contributed by atoms with E-state index in [0.717, 1.165) is 0 Å². The second kappa shape index (κ2) is 4.74. The Morgan fingerprint density at radius 2 is 2.62 bits per heavy atom. The molecule has 1 aromatic rings. The van der Waals surface area contributed by atoms with E-state index in [2.05, 4.69) is 16.9 Å². The summed E-state index contributed by atoms with van der Waals surface area (Å²) in [6, 6.07) is 0. The highest BCUT2D eigenvalue weighted by Crippen LogP contribution is 2.10. The van der Waals surface area contributed by atoms with Gasteiger partial charge in [0.05, 0.1) is 25.0 Å². The van der Waals surface area contributed by atoms with Gasteiger partial charge in [-0.1, -0.05) is 11.3 Å². The first-order chi connectivity index (χ1) is 6.29. The minimum atomic E-state index is -0.681. The Balaban J connectivity index is 2.73. The van der Waals surface area contributed by atoms with E-state index in [1.807, 2.05) is 0 Å². The number of rotatable bonds is 5. The molecule has 72 valence electrons. The van der Waals surface area contributed by atoms with Crippen molar-refractivity contribution in [1.29, 1.82) is 0 Å². The molecule has 1 rings (SSSR count). The van der Waals surface area contributed by atoms with Crippen molar-refractivity contribution in [2.24, 2.45) is 0 Å². The first kappa shape index (κ1) is 9.88. The summed E-state index contributed by atoms with van der Waals surface area (Å²) in [5.74, 6) is 0. The van der Waals surface area contributed by atoms with Crippen molar-refractivity contribution in [2.45, 2.75) is 12.6 Å². The Morgan fingerprint density at radius 3 is 3.23 bits per heavy atom. The summed E-state index contributed by atoms with van der Waals surface area (Å²) < 4.78 is 6.40. The molecule has 1 aromatic heterocycles. The maximum absolute atomic E-state index is 9.56. The number of nitrogens with zero attached hydrogens (tertiary/aromatic N) is 3. The smallest absolute Gasteiger partial charge is 0.120 e. The second-order valence-corrected chi connectivity index (χ2v) is 2.60. The van der Waals surface area contributed by atoms with Gasteiger partial charge in [0, 0.05) is 7.11 Å². The predicted molar refractivity (Wildman–Crippen MR) is 47.1 cm³/mol. The van der Waals surface area contributed by atoms with E-state index >= 15 is 0 Å². The molecule has 5 heteroatoms. The summed E-state index contributed by atoms with van der Waals surface area (Å²) >= 11 is 0. The average Bonchev–Trinajstić information content (AvgIpc) is 2.54. The highest BCUT2D eigenvalue weighted by Gasteiger charge is 2.12. The Labute approximate surface area is 76.6 Å². The molecule has 0 spiro atoms. The van der Waals surface area contributed by atoms with Crippen molar-refractivity contribution in [3.63, 3.8) is 0 Å². The number of ether oxygens (including phenoxy) is 1. The molecule has 0 aliphatic carbocycles. The number of aromatic nitrogens is 3. The van der Waals surface area contributed by atoms with Crippen LogP contribution in [0.1, 0.15) is 11.8 Å². The van der Waals surface area contributed by atoms with Gasteiger partial charge < -0.3 is 9.84 Å². The van der Waals surface area contributed by atoms with Gasteiger partial charge in [-0.05, 0) is 0 Å². The van der Waals surface area contributed by atoms with E-state index in [-0.39, 0.29) is 6.61 Å². The van der Waals surface area contributed by atoms with Gasteiger partial charge in [0.2, 0.25) is 0 Å². The standard InChI is InChI=1S/C8H13N3O2/c1-3-4-11-7(5-9-10-11)8(12)6-13-2/h3,5,8,12H,1,4,6H2,2H3/t8-/m1/s1. The summed E-state index contributed by atoms with van der Waals surface area (Å²) in [5, 5.41) is 17.0. The first-order valence-electron chi connectivity index (χ1n) is 3.96. The van der Waals surface area contributed by atoms with E-state index < -0.39 is 6.10 Å². The molecule has 0 saturated carbocycles. The fraction of sp³-hybridized carbons (Fsp3) is 0.500. The third kappa shape index (κ3) is 2.37. The number of aliphatic hydroxyl groups is 1. The van der Waals surface area contributed by atoms with Crippen LogP contribution in [0.25, 0.3) is 0 Å². The van der Waals surface area contributed by atoms with Crippen LogP contribution in [-0.4, -0.2) is 33.8 Å². The molecule has 0 amide bonds. The molecule has 0 saturated heterocycles. The van der Waals surface area contributed by atoms with Crippen LogP contribution in [0.4, 0.5) is 0 Å². The van der Waals surface area contributed by atoms with Crippen molar-refractivity contribution >= 4 is 0 Å². The highest BCUT2D eigenvalue weighted by atomic mass is 16.5. The van der Waals surface area contributed by atoms with E-state index in [4.69, 9.17) is 4.74 Å². The van der Waals surface area contributed by atoms with E-state index in [9.17, 15) is 5.11 Å². The molecular weight excluding hydrogens is 170 g/mol. The molecule has 5 nitrogen and oxygen atoms in total. The van der Waals surface area contributed by atoms with Gasteiger partial charge in [-0.15, -0.1) is 11.7 Å². The molecular formula is C8H13N3O2. The third-order valence-corrected chi connectivity index (χ3v) is 1.62. The predicted octanol–water partition coefficient (Wildman–Crippen LogP) is 0.144. The van der Waals surface area contributed by atoms with E-state index in [1.165, 1.54) is 13.3 Å². The molecule has 0 aliphatic rings. The molecule has 1 heterocycles. The number of allylic oxidation sites excluding steroid dienone is 1. The molecule has 0 aromatic carbocycles. The molecule has 1 N–H and O–H groups in total. The molecule has 0 aliphatic heterocycles. The fourth-order valence-corrected chi connectivity index (χ4v) is 1.03. The zero-order valence-electron chi connectivity index (χ0n) is 7.55. The van der Waals surface area contributed by atoms with Crippen LogP contribution in [0.2, 0.25) is 0 Å². The van der Waals surface area contributed by atoms with Crippen LogP contribution in [0.3, 0.4) is 0 Å². The molecule has 0 fully saturated rings. The molecule has 0 bridgehead atoms. The van der Waals surface area contributed by atoms with Crippen molar-refractivity contribution in [3.05, 3.63) is 24.5 Å². The number of hydrogen-bond donors (Lipinski definition) is 1. The SMILES string of the molecule is C=CCn1nncc1[C@H](O)COC. The van der Waals surface area contributed by atoms with Gasteiger partial charge in [-0.2, -0.15) is 0 Å². The van der Waals surface area contributed by atoms with Crippen LogP contribution in [0.5, 0.6) is 0 Å². The average molecular weight is 183 g/mol. The number of aliphatic hydroxyl groups excluding tert-OH is 1. The summed E-state index contributed by atoms with van der Waals surface area (Å²) in [5.41, 5.74) is 0.641. The van der Waals surface area contributed by atoms with Gasteiger partial charge >= 0.3 is 0 Å². The molecule has 0 radical (unpaired) electrons. The van der Waals surface area contributed by atoms with Crippen LogP contribution in [0.15, 0.2) is 18.9 Å². The fourth-order valence-electron chi connectivity index (χ4n) is 1.03. The lowest BCUT2D eigenvalue weighted by atomic mass is 10.3. The van der Waals surface area contributed by atoms with Gasteiger partial charge in [-0.25, -0.2) is 4.68 Å². The maximum Gasteiger partial charge on any atom is 0.120 e. The quantitative estimate of drug-likeness (QED) is 0.660. The number of hydrogen-bond acceptors (Lipinski definition) is 4. The minimum absolute atomic E-state index is 0.241. The van der Waals surface area contributed by atoms with Crippen LogP contribution < -0.4 is 0 Å². The monoisotopic (exact) mass is 183 g/mol. The van der Waals surface area contributed by atoms with Crippen LogP contribution in [-0.2, 0) is 11.3 Å². The topological polar surface area (TPSA) is 60.2 Å². The van der Waals surface area contributed by atoms with Gasteiger partial charge in [0.25, 0.3) is 0 Å². The summed E-state index contributed by atoms with van der Waals surface area (Å²) in [6.07, 6.45) is 2.53. The first-order valence-corrected chi connectivity index (χ1v) is 3.96. The lowest BCUT2D eigenvalue weighted by molar-refractivity contribution is 0.0589. The highest BCUT2D eigenvalue weighted by molar-refractivity contribution is 4.99. The lowest BCUT2D eigenvalue weighted by Crippen LogP contribution is -2.12. The van der Waals surface area contributed by atoms with E-state index in [0.29, 0.717) is 12.2 Å². The molecule has 1 atom stereocenters. The second-order valence-electron chi connectivity index (χ2n) is 2.60. The Kier molecular flexibility index (Phi) is 3.60. The largest absolute Gasteiger partial charge is 0.384 e. The van der Waals surface area contributed by atoms with Crippen molar-refractivity contribution in [3.8, 4) is 0 Å². The van der Waals surface area contributed by atoms with Gasteiger partial charge in [0.15, 0.2) is 0 Å². The molecule has 13 heavy (non-hydrogen) atoms. The summed E-state index contributed by atoms with van der Waals surface area (Å²) in [6.45, 7) is 4.36. The zero-order chi connectivity index (χ0) is 9.68. The van der Waals surface area contributed by atoms with Crippen molar-refractivity contribution < 1.29 is 9.84 Å². The lowest BCUT2D eigenvalue weighted by Gasteiger charge is -2.09. The van der Waals surface area contributed by atoms with Crippen molar-refractivity contribution in [2.75, 3.05) is 13.7 Å². The van der Waals surface area contributed by atoms with E-state index in [1.54, 1.807) is 10.8 Å². The molecule has 0 unspecified atom stereocenters. The summed E-state index contributed by atoms with van der Waals surface area (Å²) in [7, 11) is 1.53. The Morgan fingerprint density at radius 1 is 1.85 bits per heavy atom. The van der Waals surface area contributed by atoms with Gasteiger partial charge in [-0.3, -0.25) is 0 Å². The maximum atomic E-state index is 9.56. The van der Waals surface area contributed by atoms with Crippen LogP contribution >= 0.6 is 0 Å². The Bertz CT molecular complexity index is 272. The minimum Gasteiger partial charge on any atom is -0.384 e. The normalized spacial score (nSPS) is 12.8. The Hall–Kier alpha value is -1.20. The summed E-state index contributed by atoms with van der Waals surface area (Å²) in [4.78, 5) is 0. The zero-order valence-corrected chi connectivity index (χ0v) is 7.55. The third-order valence-electron chi connectivity index (χ3n) is 1.62. The number of methoxy groups -OCH3 is 1. The van der Waals surface area contributed by atoms with Crippen molar-refractivity contribution in [1.82, 2.24) is 15.0 Å².